The quantitative estimate of drug-likeness (QED) is 0.167. The zero-order chi connectivity index (χ0) is 25.8. The third-order valence-corrected chi connectivity index (χ3v) is 5.55. The van der Waals surface area contributed by atoms with Crippen LogP contribution in [0.2, 0.25) is 0 Å². The number of aromatic nitrogens is 5. The van der Waals surface area contributed by atoms with Gasteiger partial charge in [-0.25, -0.2) is 9.36 Å². The number of para-hydroxylation sites is 1. The highest BCUT2D eigenvalue weighted by molar-refractivity contribution is 5.85. The molecule has 0 bridgehead atoms. The van der Waals surface area contributed by atoms with Crippen LogP contribution < -0.4 is 9.47 Å². The van der Waals surface area contributed by atoms with Crippen LogP contribution in [-0.4, -0.2) is 43.1 Å². The van der Waals surface area contributed by atoms with Crippen molar-refractivity contribution in [2.75, 3.05) is 7.11 Å². The van der Waals surface area contributed by atoms with Gasteiger partial charge in [0.05, 0.1) is 35.5 Å². The summed E-state index contributed by atoms with van der Waals surface area (Å²) in [5.74, 6) is 0.902. The van der Waals surface area contributed by atoms with Crippen molar-refractivity contribution in [2.24, 2.45) is 0 Å². The number of rotatable bonds is 9. The molecule has 0 saturated carbocycles. The van der Waals surface area contributed by atoms with Gasteiger partial charge < -0.3 is 9.47 Å². The average molecular weight is 496 g/mol. The van der Waals surface area contributed by atoms with Gasteiger partial charge in [-0.05, 0) is 36.4 Å². The van der Waals surface area contributed by atoms with Gasteiger partial charge in [0.1, 0.15) is 35.2 Å². The summed E-state index contributed by atoms with van der Waals surface area (Å²) in [6.45, 7) is 0.0758. The minimum Gasteiger partial charge on any atom is -0.496 e. The van der Waals surface area contributed by atoms with Gasteiger partial charge in [0.25, 0.3) is 5.69 Å². The number of aldehydes is 1. The van der Waals surface area contributed by atoms with Crippen LogP contribution in [0, 0.1) is 10.1 Å². The number of nitrogens with zero attached hydrogens (tertiary/aromatic N) is 6. The molecule has 37 heavy (non-hydrogen) atoms. The summed E-state index contributed by atoms with van der Waals surface area (Å²) >= 11 is 0. The Bertz CT molecular complexity index is 1580. The SMILES string of the molecule is COc1ccc(-n2cc(COc3cccc(-c4nn(-c5ccccc5)cc4C=O)c3)nn2)c([N+](=O)[O-])c1. The van der Waals surface area contributed by atoms with Crippen LogP contribution in [0.1, 0.15) is 16.1 Å². The fraction of sp³-hybridized carbons (Fsp3) is 0.0769. The van der Waals surface area contributed by atoms with Crippen molar-refractivity contribution in [1.29, 1.82) is 0 Å². The molecule has 0 aliphatic carbocycles. The first-order chi connectivity index (χ1) is 18.1. The summed E-state index contributed by atoms with van der Waals surface area (Å²) in [5, 5.41) is 24.2. The number of hydrogen-bond acceptors (Lipinski definition) is 8. The molecule has 5 rings (SSSR count). The van der Waals surface area contributed by atoms with Crippen LogP contribution in [0.5, 0.6) is 11.5 Å². The number of nitro groups is 1. The highest BCUT2D eigenvalue weighted by atomic mass is 16.6. The van der Waals surface area contributed by atoms with Gasteiger partial charge >= 0.3 is 0 Å². The lowest BCUT2D eigenvalue weighted by molar-refractivity contribution is -0.384. The molecule has 0 unspecified atom stereocenters. The Balaban J connectivity index is 1.35. The minimum atomic E-state index is -0.506. The molecule has 11 nitrogen and oxygen atoms in total. The van der Waals surface area contributed by atoms with Crippen molar-refractivity contribution < 1.29 is 19.2 Å². The van der Waals surface area contributed by atoms with Gasteiger partial charge in [0, 0.05) is 11.8 Å². The standard InChI is InChI=1S/C26H20N6O5/c1-36-22-10-11-24(25(13-22)32(34)35)31-15-20(27-29-31)17-37-23-9-5-6-18(12-23)26-19(16-33)14-30(28-26)21-7-3-2-4-8-21/h2-16H,17H2,1H3. The molecule has 184 valence electrons. The summed E-state index contributed by atoms with van der Waals surface area (Å²) in [4.78, 5) is 22.7. The smallest absolute Gasteiger partial charge is 0.298 e. The van der Waals surface area contributed by atoms with Crippen LogP contribution in [0.15, 0.2) is 85.2 Å². The maximum Gasteiger partial charge on any atom is 0.298 e. The van der Waals surface area contributed by atoms with Crippen molar-refractivity contribution in [3.05, 3.63) is 107 Å². The van der Waals surface area contributed by atoms with E-state index in [0.29, 0.717) is 34.0 Å². The molecule has 0 fully saturated rings. The van der Waals surface area contributed by atoms with Crippen LogP contribution in [0.25, 0.3) is 22.6 Å². The summed E-state index contributed by atoms with van der Waals surface area (Å²) in [6, 6.07) is 21.2. The Labute approximate surface area is 210 Å². The van der Waals surface area contributed by atoms with Crippen molar-refractivity contribution in [1.82, 2.24) is 24.8 Å². The first-order valence-corrected chi connectivity index (χ1v) is 11.1. The lowest BCUT2D eigenvalue weighted by Gasteiger charge is -2.06. The van der Waals surface area contributed by atoms with E-state index < -0.39 is 4.92 Å². The summed E-state index contributed by atoms with van der Waals surface area (Å²) in [6.07, 6.45) is 4.01. The summed E-state index contributed by atoms with van der Waals surface area (Å²) in [5.41, 5.74) is 3.09. The van der Waals surface area contributed by atoms with Crippen molar-refractivity contribution in [3.8, 4) is 34.1 Å². The maximum atomic E-state index is 11.7. The largest absolute Gasteiger partial charge is 0.496 e. The Morgan fingerprint density at radius 2 is 1.81 bits per heavy atom. The van der Waals surface area contributed by atoms with Crippen LogP contribution in [0.3, 0.4) is 0 Å². The number of carbonyl (C=O) groups excluding carboxylic acids is 1. The van der Waals surface area contributed by atoms with Gasteiger partial charge in [-0.3, -0.25) is 14.9 Å². The second kappa shape index (κ2) is 10.1. The van der Waals surface area contributed by atoms with E-state index in [0.717, 1.165) is 12.0 Å². The van der Waals surface area contributed by atoms with Crippen molar-refractivity contribution in [2.45, 2.75) is 6.61 Å². The molecule has 0 saturated heterocycles. The molecule has 2 heterocycles. The van der Waals surface area contributed by atoms with E-state index in [1.54, 1.807) is 47.4 Å². The first-order valence-electron chi connectivity index (χ1n) is 11.1. The Morgan fingerprint density at radius 3 is 2.57 bits per heavy atom. The molecule has 0 aliphatic rings. The van der Waals surface area contributed by atoms with E-state index in [4.69, 9.17) is 9.47 Å². The van der Waals surface area contributed by atoms with Gasteiger partial charge in [-0.15, -0.1) is 5.10 Å². The molecule has 0 radical (unpaired) electrons. The predicted molar refractivity (Wildman–Crippen MR) is 133 cm³/mol. The van der Waals surface area contributed by atoms with E-state index in [-0.39, 0.29) is 18.0 Å². The zero-order valence-electron chi connectivity index (χ0n) is 19.6. The number of ether oxygens (including phenoxy) is 2. The third-order valence-electron chi connectivity index (χ3n) is 5.55. The van der Waals surface area contributed by atoms with E-state index >= 15 is 0 Å². The Kier molecular flexibility index (Phi) is 6.41. The Morgan fingerprint density at radius 1 is 0.973 bits per heavy atom. The molecule has 0 aliphatic heterocycles. The zero-order valence-corrected chi connectivity index (χ0v) is 19.6. The van der Waals surface area contributed by atoms with E-state index in [9.17, 15) is 14.9 Å². The average Bonchev–Trinajstić information content (AvgIpc) is 3.60. The van der Waals surface area contributed by atoms with Gasteiger partial charge in [0.2, 0.25) is 0 Å². The number of nitro benzene ring substituents is 1. The van der Waals surface area contributed by atoms with Gasteiger partial charge in [-0.1, -0.05) is 35.5 Å². The number of hydrogen-bond donors (Lipinski definition) is 0. The lowest BCUT2D eigenvalue weighted by atomic mass is 10.1. The number of benzene rings is 3. The molecule has 0 N–H and O–H groups in total. The fourth-order valence-corrected chi connectivity index (χ4v) is 3.75. The molecular weight excluding hydrogens is 476 g/mol. The molecule has 11 heteroatoms. The maximum absolute atomic E-state index is 11.7. The van der Waals surface area contributed by atoms with E-state index in [1.807, 2.05) is 36.4 Å². The third kappa shape index (κ3) is 4.91. The highest BCUT2D eigenvalue weighted by Gasteiger charge is 2.18. The second-order valence-corrected chi connectivity index (χ2v) is 7.91. The van der Waals surface area contributed by atoms with Crippen LogP contribution in [-0.2, 0) is 6.61 Å². The monoisotopic (exact) mass is 496 g/mol. The highest BCUT2D eigenvalue weighted by Crippen LogP contribution is 2.28. The fourth-order valence-electron chi connectivity index (χ4n) is 3.75. The second-order valence-electron chi connectivity index (χ2n) is 7.91. The molecule has 5 aromatic rings. The van der Waals surface area contributed by atoms with E-state index in [2.05, 4.69) is 15.4 Å². The normalized spacial score (nSPS) is 10.7. The topological polar surface area (TPSA) is 127 Å². The molecule has 0 amide bonds. The lowest BCUT2D eigenvalue weighted by Crippen LogP contribution is -2.01. The predicted octanol–water partition coefficient (Wildman–Crippen LogP) is 4.43. The molecule has 0 spiro atoms. The van der Waals surface area contributed by atoms with Gasteiger partial charge in [0.15, 0.2) is 6.29 Å². The summed E-state index contributed by atoms with van der Waals surface area (Å²) in [7, 11) is 1.44. The molecular formula is C26H20N6O5. The number of carbonyl (C=O) groups is 1. The molecule has 0 atom stereocenters. The van der Waals surface area contributed by atoms with E-state index in [1.165, 1.54) is 17.9 Å². The Hall–Kier alpha value is -5.32. The number of methoxy groups -OCH3 is 1. The summed E-state index contributed by atoms with van der Waals surface area (Å²) < 4.78 is 13.9. The van der Waals surface area contributed by atoms with Crippen LogP contribution in [0.4, 0.5) is 5.69 Å². The first kappa shape index (κ1) is 23.4. The van der Waals surface area contributed by atoms with Crippen LogP contribution >= 0.6 is 0 Å². The van der Waals surface area contributed by atoms with Gasteiger partial charge in [-0.2, -0.15) is 5.10 Å². The van der Waals surface area contributed by atoms with Crippen molar-refractivity contribution in [3.63, 3.8) is 0 Å². The van der Waals surface area contributed by atoms with Crippen molar-refractivity contribution >= 4 is 12.0 Å². The minimum absolute atomic E-state index is 0.0758. The molecule has 2 aromatic heterocycles. The molecule has 3 aromatic carbocycles.